The van der Waals surface area contributed by atoms with Gasteiger partial charge in [-0.15, -0.1) is 0 Å². The van der Waals surface area contributed by atoms with Gasteiger partial charge in [0.2, 0.25) is 11.1 Å². The number of aromatic nitrogens is 4. The van der Waals surface area contributed by atoms with E-state index < -0.39 is 5.97 Å². The topological polar surface area (TPSA) is 184 Å². The van der Waals surface area contributed by atoms with Crippen molar-refractivity contribution in [2.75, 3.05) is 11.1 Å². The smallest absolute Gasteiger partial charge is 0.338 e. The lowest BCUT2D eigenvalue weighted by molar-refractivity contribution is 0.0696. The molecule has 4 aromatic heterocycles. The van der Waals surface area contributed by atoms with Gasteiger partial charge in [0.1, 0.15) is 10.3 Å². The van der Waals surface area contributed by atoms with Crippen molar-refractivity contribution in [3.8, 4) is 0 Å². The number of nitrogens with two attached hydrogens (primary N) is 1. The molecule has 0 radical (unpaired) electrons. The molecule has 0 atom stereocenters. The summed E-state index contributed by atoms with van der Waals surface area (Å²) in [5.41, 5.74) is 10.4. The fourth-order valence-electron chi connectivity index (χ4n) is 4.24. The number of H-pyrrole nitrogens is 2. The van der Waals surface area contributed by atoms with Gasteiger partial charge in [-0.2, -0.15) is 0 Å². The van der Waals surface area contributed by atoms with E-state index in [0.29, 0.717) is 16.9 Å². The van der Waals surface area contributed by atoms with Crippen LogP contribution in [0.25, 0.3) is 21.8 Å². The molecule has 6 aromatic rings. The molecule has 0 aliphatic carbocycles. The molecule has 0 saturated heterocycles. The second kappa shape index (κ2) is 14.3. The third kappa shape index (κ3) is 8.31. The second-order valence-electron chi connectivity index (χ2n) is 9.64. The molecule has 6 N–H and O–H groups in total. The SMILES string of the molecule is Cc1cc(=O)[nH]c2ccc(N)cc12.Cc1cc(=O)[nH]c2ccc(NC(=O)c3cccnc3Cl)cc12.O=C(O)c1cccnc1Cl. The molecule has 228 valence electrons. The average molecular weight is 646 g/mol. The number of carboxylic acid groups (broad SMARTS) is 1. The number of aromatic carboxylic acids is 1. The van der Waals surface area contributed by atoms with Gasteiger partial charge in [-0.25, -0.2) is 14.8 Å². The quantitative estimate of drug-likeness (QED) is 0.115. The average Bonchev–Trinajstić information content (AvgIpc) is 2.99. The number of nitrogens with one attached hydrogen (secondary N) is 3. The number of carboxylic acids is 1. The van der Waals surface area contributed by atoms with E-state index in [2.05, 4.69) is 25.3 Å². The summed E-state index contributed by atoms with van der Waals surface area (Å²) in [7, 11) is 0. The minimum Gasteiger partial charge on any atom is -0.478 e. The summed E-state index contributed by atoms with van der Waals surface area (Å²) in [6.07, 6.45) is 2.96. The van der Waals surface area contributed by atoms with E-state index in [1.807, 2.05) is 32.0 Å². The molecule has 0 saturated carbocycles. The van der Waals surface area contributed by atoms with E-state index >= 15 is 0 Å². The van der Waals surface area contributed by atoms with Gasteiger partial charge in [0.05, 0.1) is 11.1 Å². The first kappa shape index (κ1) is 32.4. The van der Waals surface area contributed by atoms with Crippen molar-refractivity contribution in [1.29, 1.82) is 0 Å². The molecule has 0 fully saturated rings. The van der Waals surface area contributed by atoms with Crippen LogP contribution in [0.5, 0.6) is 0 Å². The minimum absolute atomic E-state index is 0.0231. The summed E-state index contributed by atoms with van der Waals surface area (Å²) in [5.74, 6) is -1.39. The molecule has 0 unspecified atom stereocenters. The molecule has 0 aliphatic heterocycles. The number of hydrogen-bond acceptors (Lipinski definition) is 7. The van der Waals surface area contributed by atoms with Gasteiger partial charge >= 0.3 is 5.97 Å². The second-order valence-corrected chi connectivity index (χ2v) is 10.4. The predicted octanol–water partition coefficient (Wildman–Crippen LogP) is 5.99. The standard InChI is InChI=1S/C16H12ClN3O2.C10H10N2O.C6H4ClNO2/c1-9-7-14(21)20-13-5-4-10(8-12(9)13)19-16(22)11-3-2-6-18-15(11)17;1-6-4-10(13)12-9-3-2-7(11)5-8(6)9;7-5-4(6(9)10)2-1-3-8-5/h2-8H,1H3,(H,19,22)(H,20,21);2-5H,11H2,1H3,(H,12,13);1-3H,(H,9,10). The number of fused-ring (bicyclic) bond motifs is 2. The number of halogens is 2. The van der Waals surface area contributed by atoms with Gasteiger partial charge in [0.25, 0.3) is 5.91 Å². The van der Waals surface area contributed by atoms with E-state index in [1.165, 1.54) is 30.6 Å². The minimum atomic E-state index is -1.06. The zero-order chi connectivity index (χ0) is 32.7. The Labute approximate surface area is 265 Å². The zero-order valence-corrected chi connectivity index (χ0v) is 25.4. The Morgan fingerprint density at radius 3 is 1.78 bits per heavy atom. The largest absolute Gasteiger partial charge is 0.478 e. The van der Waals surface area contributed by atoms with E-state index in [-0.39, 0.29) is 32.9 Å². The number of aryl methyl sites for hydroxylation is 2. The van der Waals surface area contributed by atoms with Gasteiger partial charge in [-0.1, -0.05) is 23.2 Å². The van der Waals surface area contributed by atoms with Crippen LogP contribution >= 0.6 is 23.2 Å². The molecule has 1 amide bonds. The monoisotopic (exact) mass is 644 g/mol. The van der Waals surface area contributed by atoms with Crippen molar-refractivity contribution in [3.63, 3.8) is 0 Å². The van der Waals surface area contributed by atoms with Crippen LogP contribution in [0.4, 0.5) is 11.4 Å². The zero-order valence-electron chi connectivity index (χ0n) is 23.9. The summed E-state index contributed by atoms with van der Waals surface area (Å²) in [6.45, 7) is 3.75. The number of carbonyl (C=O) groups is 2. The fraction of sp³-hybridized carbons (Fsp3) is 0.0625. The fourth-order valence-corrected chi connectivity index (χ4v) is 4.65. The van der Waals surface area contributed by atoms with Crippen molar-refractivity contribution in [2.45, 2.75) is 13.8 Å². The molecule has 0 spiro atoms. The van der Waals surface area contributed by atoms with Gasteiger partial charge in [0, 0.05) is 57.7 Å². The van der Waals surface area contributed by atoms with Crippen LogP contribution < -0.4 is 22.2 Å². The summed E-state index contributed by atoms with van der Waals surface area (Å²) >= 11 is 11.3. The highest BCUT2D eigenvalue weighted by atomic mass is 35.5. The van der Waals surface area contributed by atoms with Gasteiger partial charge in [-0.05, 0) is 85.6 Å². The van der Waals surface area contributed by atoms with E-state index in [0.717, 1.165) is 32.9 Å². The maximum Gasteiger partial charge on any atom is 0.338 e. The summed E-state index contributed by atoms with van der Waals surface area (Å²) in [5, 5.41) is 13.3. The number of carbonyl (C=O) groups excluding carboxylic acids is 1. The highest BCUT2D eigenvalue weighted by molar-refractivity contribution is 6.33. The highest BCUT2D eigenvalue weighted by Gasteiger charge is 2.11. The number of benzene rings is 2. The Kier molecular flexibility index (Phi) is 10.3. The third-order valence-corrected chi connectivity index (χ3v) is 6.98. The van der Waals surface area contributed by atoms with Crippen LogP contribution in [0.2, 0.25) is 10.3 Å². The van der Waals surface area contributed by atoms with Crippen LogP contribution in [0.3, 0.4) is 0 Å². The molecule has 13 heteroatoms. The molecule has 0 bridgehead atoms. The predicted molar refractivity (Wildman–Crippen MR) is 176 cm³/mol. The lowest BCUT2D eigenvalue weighted by atomic mass is 10.1. The van der Waals surface area contributed by atoms with Crippen molar-refractivity contribution >= 4 is 68.3 Å². The first-order chi connectivity index (χ1) is 21.4. The lowest BCUT2D eigenvalue weighted by Crippen LogP contribution is -2.13. The molecule has 11 nitrogen and oxygen atoms in total. The van der Waals surface area contributed by atoms with Crippen LogP contribution in [-0.4, -0.2) is 36.9 Å². The van der Waals surface area contributed by atoms with Crippen molar-refractivity contribution in [3.05, 3.63) is 138 Å². The Morgan fingerprint density at radius 2 is 1.27 bits per heavy atom. The van der Waals surface area contributed by atoms with Crippen molar-refractivity contribution in [1.82, 2.24) is 19.9 Å². The first-order valence-corrected chi connectivity index (χ1v) is 14.0. The molecule has 6 rings (SSSR count). The van der Waals surface area contributed by atoms with Crippen LogP contribution in [0.1, 0.15) is 31.8 Å². The van der Waals surface area contributed by atoms with Crippen LogP contribution in [-0.2, 0) is 0 Å². The number of pyridine rings is 4. The molecule has 2 aromatic carbocycles. The Hall–Kier alpha value is -5.52. The molecule has 45 heavy (non-hydrogen) atoms. The number of nitrogens with zero attached hydrogens (tertiary/aromatic N) is 2. The van der Waals surface area contributed by atoms with E-state index in [1.54, 1.807) is 36.4 Å². The summed E-state index contributed by atoms with van der Waals surface area (Å²) in [6, 6.07) is 20.0. The third-order valence-electron chi connectivity index (χ3n) is 6.37. The maximum atomic E-state index is 12.2. The molecular formula is C32H26Cl2N6O5. The summed E-state index contributed by atoms with van der Waals surface area (Å²) in [4.78, 5) is 58.0. The lowest BCUT2D eigenvalue weighted by Gasteiger charge is -2.08. The first-order valence-electron chi connectivity index (χ1n) is 13.2. The molecule has 4 heterocycles. The van der Waals surface area contributed by atoms with Gasteiger partial charge < -0.3 is 26.1 Å². The summed E-state index contributed by atoms with van der Waals surface area (Å²) < 4.78 is 0. The highest BCUT2D eigenvalue weighted by Crippen LogP contribution is 2.21. The Balaban J connectivity index is 0.000000170. The number of rotatable bonds is 3. The Morgan fingerprint density at radius 1 is 0.756 bits per heavy atom. The molecule has 0 aliphatic rings. The van der Waals surface area contributed by atoms with Crippen molar-refractivity contribution < 1.29 is 14.7 Å². The van der Waals surface area contributed by atoms with Crippen LogP contribution in [0.15, 0.2) is 94.8 Å². The van der Waals surface area contributed by atoms with Gasteiger partial charge in [-0.3, -0.25) is 14.4 Å². The number of hydrogen-bond donors (Lipinski definition) is 5. The number of anilines is 2. The van der Waals surface area contributed by atoms with Crippen molar-refractivity contribution in [2.24, 2.45) is 0 Å². The van der Waals surface area contributed by atoms with E-state index in [4.69, 9.17) is 34.0 Å². The number of nitrogen functional groups attached to an aromatic ring is 1. The normalized spacial score (nSPS) is 10.3. The van der Waals surface area contributed by atoms with E-state index in [9.17, 15) is 19.2 Å². The Bertz CT molecular complexity index is 2160. The van der Waals surface area contributed by atoms with Crippen LogP contribution in [0, 0.1) is 13.8 Å². The molecular weight excluding hydrogens is 619 g/mol. The number of aromatic amines is 2. The number of amides is 1. The van der Waals surface area contributed by atoms with Gasteiger partial charge in [0.15, 0.2) is 0 Å². The maximum absolute atomic E-state index is 12.2.